The van der Waals surface area contributed by atoms with Crippen LogP contribution >= 0.6 is 11.8 Å². The Kier molecular flexibility index (Phi) is 5.30. The number of rotatable bonds is 6. The van der Waals surface area contributed by atoms with Crippen LogP contribution in [0.25, 0.3) is 0 Å². The Morgan fingerprint density at radius 1 is 1.30 bits per heavy atom. The van der Waals surface area contributed by atoms with Crippen LogP contribution in [0.2, 0.25) is 0 Å². The molecule has 124 valence electrons. The van der Waals surface area contributed by atoms with E-state index in [9.17, 15) is 14.4 Å². The topological polar surface area (TPSA) is 75.7 Å². The van der Waals surface area contributed by atoms with Gasteiger partial charge in [-0.3, -0.25) is 14.5 Å². The van der Waals surface area contributed by atoms with Gasteiger partial charge in [-0.25, -0.2) is 4.79 Å². The maximum absolute atomic E-state index is 12.2. The lowest BCUT2D eigenvalue weighted by molar-refractivity contribution is -0.148. The average Bonchev–Trinajstić information content (AvgIpc) is 2.77. The summed E-state index contributed by atoms with van der Waals surface area (Å²) in [5.74, 6) is -1.01. The number of carbonyl (C=O) groups excluding carboxylic acids is 3. The molecule has 3 amide bonds. The number of hydrogen-bond acceptors (Lipinski definition) is 5. The molecule has 0 aliphatic carbocycles. The van der Waals surface area contributed by atoms with Gasteiger partial charge >= 0.3 is 12.0 Å². The Hall–Kier alpha value is -2.02. The summed E-state index contributed by atoms with van der Waals surface area (Å²) in [6.45, 7) is 3.19. The van der Waals surface area contributed by atoms with E-state index in [0.717, 1.165) is 15.4 Å². The molecule has 1 aromatic carbocycles. The Bertz CT molecular complexity index is 617. The van der Waals surface area contributed by atoms with Crippen LogP contribution < -0.4 is 5.32 Å². The van der Waals surface area contributed by atoms with Gasteiger partial charge in [0, 0.05) is 4.90 Å². The summed E-state index contributed by atoms with van der Waals surface area (Å²) in [4.78, 5) is 37.9. The zero-order valence-electron chi connectivity index (χ0n) is 13.4. The molecular weight excluding hydrogens is 316 g/mol. The number of nitrogens with one attached hydrogen (secondary N) is 1. The molecule has 6 nitrogen and oxygen atoms in total. The summed E-state index contributed by atoms with van der Waals surface area (Å²) in [5, 5.41) is 2.60. The Morgan fingerprint density at radius 3 is 2.48 bits per heavy atom. The third kappa shape index (κ3) is 3.85. The number of amides is 3. The molecule has 1 N–H and O–H groups in total. The van der Waals surface area contributed by atoms with Crippen molar-refractivity contribution in [1.82, 2.24) is 10.2 Å². The molecule has 1 fully saturated rings. The number of benzene rings is 1. The lowest BCUT2D eigenvalue weighted by Crippen LogP contribution is -2.43. The third-order valence-electron chi connectivity index (χ3n) is 3.90. The fraction of sp³-hybridized carbons (Fsp3) is 0.438. The van der Waals surface area contributed by atoms with Crippen LogP contribution in [0.4, 0.5) is 4.79 Å². The van der Waals surface area contributed by atoms with Gasteiger partial charge in [0.25, 0.3) is 5.91 Å². The highest BCUT2D eigenvalue weighted by atomic mass is 32.2. The number of carbonyl (C=O) groups is 3. The molecule has 1 atom stereocenters. The van der Waals surface area contributed by atoms with Crippen molar-refractivity contribution in [1.29, 1.82) is 0 Å². The van der Waals surface area contributed by atoms with E-state index in [0.29, 0.717) is 6.42 Å². The van der Waals surface area contributed by atoms with Crippen LogP contribution in [-0.4, -0.2) is 41.1 Å². The average molecular weight is 336 g/mol. The first-order chi connectivity index (χ1) is 10.9. The van der Waals surface area contributed by atoms with Crippen molar-refractivity contribution in [2.75, 3.05) is 12.8 Å². The zero-order chi connectivity index (χ0) is 17.0. The lowest BCUT2D eigenvalue weighted by atomic mass is 9.99. The molecule has 0 aromatic heterocycles. The minimum absolute atomic E-state index is 0.113. The summed E-state index contributed by atoms with van der Waals surface area (Å²) in [5.41, 5.74) is -0.0860. The van der Waals surface area contributed by atoms with Gasteiger partial charge in [-0.05, 0) is 37.3 Å². The van der Waals surface area contributed by atoms with Gasteiger partial charge in [0.15, 0.2) is 0 Å². The normalized spacial score (nSPS) is 20.6. The van der Waals surface area contributed by atoms with E-state index in [1.807, 2.05) is 30.5 Å². The molecular formula is C16H20N2O4S. The second kappa shape index (κ2) is 7.04. The Labute approximate surface area is 139 Å². The molecule has 7 heteroatoms. The van der Waals surface area contributed by atoms with Crippen LogP contribution in [-0.2, 0) is 20.9 Å². The van der Waals surface area contributed by atoms with Gasteiger partial charge in [0.05, 0.1) is 0 Å². The van der Waals surface area contributed by atoms with Crippen molar-refractivity contribution in [3.63, 3.8) is 0 Å². The van der Waals surface area contributed by atoms with Gasteiger partial charge < -0.3 is 10.1 Å². The summed E-state index contributed by atoms with van der Waals surface area (Å²) in [7, 11) is 0. The predicted octanol–water partition coefficient (Wildman–Crippen LogP) is 2.17. The molecule has 1 aromatic rings. The van der Waals surface area contributed by atoms with Crippen molar-refractivity contribution in [3.05, 3.63) is 29.8 Å². The largest absolute Gasteiger partial charge is 0.459 e. The van der Waals surface area contributed by atoms with Crippen molar-refractivity contribution < 1.29 is 19.1 Å². The first-order valence-electron chi connectivity index (χ1n) is 7.32. The minimum Gasteiger partial charge on any atom is -0.459 e. The highest BCUT2D eigenvalue weighted by molar-refractivity contribution is 7.98. The number of nitrogens with zero attached hydrogens (tertiary/aromatic N) is 1. The summed E-state index contributed by atoms with van der Waals surface area (Å²) in [6.07, 6.45) is 2.45. The first-order valence-corrected chi connectivity index (χ1v) is 8.54. The second-order valence-corrected chi connectivity index (χ2v) is 6.40. The maximum atomic E-state index is 12.2. The first kappa shape index (κ1) is 17.3. The van der Waals surface area contributed by atoms with E-state index in [2.05, 4.69) is 5.32 Å². The third-order valence-corrected chi connectivity index (χ3v) is 4.64. The van der Waals surface area contributed by atoms with Gasteiger partial charge in [0.2, 0.25) is 0 Å². The molecule has 1 aliphatic rings. The standard InChI is InChI=1S/C16H20N2O4S/c1-4-16(2)14(20)18(15(21)17-16)9-13(19)22-10-11-5-7-12(23-3)8-6-11/h5-8H,4,9-10H2,1-3H3,(H,17,21)/t16-/m1/s1. The summed E-state index contributed by atoms with van der Waals surface area (Å²) in [6, 6.07) is 7.08. The zero-order valence-corrected chi connectivity index (χ0v) is 14.2. The fourth-order valence-electron chi connectivity index (χ4n) is 2.19. The number of esters is 1. The van der Waals surface area contributed by atoms with Crippen LogP contribution in [0.3, 0.4) is 0 Å². The van der Waals surface area contributed by atoms with Gasteiger partial charge in [0.1, 0.15) is 18.7 Å². The molecule has 0 unspecified atom stereocenters. The number of ether oxygens (including phenoxy) is 1. The molecule has 2 rings (SSSR count). The maximum Gasteiger partial charge on any atom is 0.326 e. The predicted molar refractivity (Wildman–Crippen MR) is 87.0 cm³/mol. The van der Waals surface area contributed by atoms with E-state index in [1.54, 1.807) is 25.6 Å². The second-order valence-electron chi connectivity index (χ2n) is 5.52. The van der Waals surface area contributed by atoms with Crippen LogP contribution in [0, 0.1) is 0 Å². The number of hydrogen-bond donors (Lipinski definition) is 1. The molecule has 0 bridgehead atoms. The SMILES string of the molecule is CC[C@@]1(C)NC(=O)N(CC(=O)OCc2ccc(SC)cc2)C1=O. The van der Waals surface area contributed by atoms with Gasteiger partial charge in [-0.2, -0.15) is 0 Å². The Morgan fingerprint density at radius 2 is 1.96 bits per heavy atom. The molecule has 1 heterocycles. The highest BCUT2D eigenvalue weighted by Crippen LogP contribution is 2.20. The van der Waals surface area contributed by atoms with Crippen molar-refractivity contribution in [2.45, 2.75) is 37.3 Å². The number of imide groups is 1. The molecule has 0 saturated carbocycles. The van der Waals surface area contributed by atoms with Crippen LogP contribution in [0.1, 0.15) is 25.8 Å². The summed E-state index contributed by atoms with van der Waals surface area (Å²) >= 11 is 1.63. The minimum atomic E-state index is -0.939. The monoisotopic (exact) mass is 336 g/mol. The van der Waals surface area contributed by atoms with E-state index in [4.69, 9.17) is 4.74 Å². The number of urea groups is 1. The van der Waals surface area contributed by atoms with Gasteiger partial charge in [-0.1, -0.05) is 19.1 Å². The van der Waals surface area contributed by atoms with Crippen molar-refractivity contribution >= 4 is 29.7 Å². The van der Waals surface area contributed by atoms with Gasteiger partial charge in [-0.15, -0.1) is 11.8 Å². The molecule has 1 aliphatic heterocycles. The van der Waals surface area contributed by atoms with E-state index in [-0.39, 0.29) is 13.2 Å². The van der Waals surface area contributed by atoms with Crippen molar-refractivity contribution in [3.8, 4) is 0 Å². The lowest BCUT2D eigenvalue weighted by Gasteiger charge is -2.18. The van der Waals surface area contributed by atoms with E-state index in [1.165, 1.54) is 0 Å². The highest BCUT2D eigenvalue weighted by Gasteiger charge is 2.47. The molecule has 1 saturated heterocycles. The quantitative estimate of drug-likeness (QED) is 0.489. The van der Waals surface area contributed by atoms with Crippen LogP contribution in [0.15, 0.2) is 29.2 Å². The summed E-state index contributed by atoms with van der Waals surface area (Å²) < 4.78 is 5.14. The fourth-order valence-corrected chi connectivity index (χ4v) is 2.60. The van der Waals surface area contributed by atoms with E-state index >= 15 is 0 Å². The molecule has 23 heavy (non-hydrogen) atoms. The number of thioether (sulfide) groups is 1. The van der Waals surface area contributed by atoms with Crippen molar-refractivity contribution in [2.24, 2.45) is 0 Å². The molecule has 0 radical (unpaired) electrons. The Balaban J connectivity index is 1.89. The van der Waals surface area contributed by atoms with Crippen LogP contribution in [0.5, 0.6) is 0 Å². The smallest absolute Gasteiger partial charge is 0.326 e. The molecule has 0 spiro atoms. The van der Waals surface area contributed by atoms with E-state index < -0.39 is 23.4 Å².